The summed E-state index contributed by atoms with van der Waals surface area (Å²) in [4.78, 5) is 11.4. The number of benzene rings is 1. The lowest BCUT2D eigenvalue weighted by atomic mass is 10.1. The van der Waals surface area contributed by atoms with Gasteiger partial charge in [-0.25, -0.2) is 4.79 Å². The van der Waals surface area contributed by atoms with E-state index >= 15 is 0 Å². The van der Waals surface area contributed by atoms with Crippen molar-refractivity contribution in [3.05, 3.63) is 38.8 Å². The standard InChI is InChI=1S/C13H14Br2O2/c1-3-5-9-7-10(14)13(11(15)8-9)17-12(16)6-4-2/h4,6-8H,3,5H2,1-2H3. The summed E-state index contributed by atoms with van der Waals surface area (Å²) in [5.41, 5.74) is 1.21. The van der Waals surface area contributed by atoms with E-state index in [1.54, 1.807) is 13.0 Å². The number of hydrogen-bond donors (Lipinski definition) is 0. The molecule has 0 bridgehead atoms. The molecule has 0 saturated heterocycles. The zero-order valence-electron chi connectivity index (χ0n) is 9.80. The van der Waals surface area contributed by atoms with E-state index in [0.717, 1.165) is 21.8 Å². The molecule has 0 saturated carbocycles. The first-order valence-corrected chi connectivity index (χ1v) is 6.99. The number of carbonyl (C=O) groups excluding carboxylic acids is 1. The highest BCUT2D eigenvalue weighted by molar-refractivity contribution is 9.11. The van der Waals surface area contributed by atoms with Gasteiger partial charge in [0.05, 0.1) is 8.95 Å². The van der Waals surface area contributed by atoms with Crippen LogP contribution in [-0.2, 0) is 11.2 Å². The first-order chi connectivity index (χ1) is 8.08. The first kappa shape index (κ1) is 14.5. The Morgan fingerprint density at radius 1 is 1.35 bits per heavy atom. The molecule has 0 spiro atoms. The van der Waals surface area contributed by atoms with Gasteiger partial charge in [-0.1, -0.05) is 19.4 Å². The van der Waals surface area contributed by atoms with Crippen LogP contribution < -0.4 is 4.74 Å². The van der Waals surface area contributed by atoms with Gasteiger partial charge in [-0.2, -0.15) is 0 Å². The Morgan fingerprint density at radius 3 is 2.41 bits per heavy atom. The molecule has 0 atom stereocenters. The maximum Gasteiger partial charge on any atom is 0.335 e. The third kappa shape index (κ3) is 4.28. The van der Waals surface area contributed by atoms with Gasteiger partial charge in [0.2, 0.25) is 0 Å². The summed E-state index contributed by atoms with van der Waals surface area (Å²) >= 11 is 6.83. The quantitative estimate of drug-likeness (QED) is 0.443. The van der Waals surface area contributed by atoms with Crippen molar-refractivity contribution < 1.29 is 9.53 Å². The normalized spacial score (nSPS) is 10.8. The van der Waals surface area contributed by atoms with Crippen LogP contribution in [0.3, 0.4) is 0 Å². The Kier molecular flexibility index (Phi) is 5.92. The Balaban J connectivity index is 2.97. The Morgan fingerprint density at radius 2 is 1.94 bits per heavy atom. The van der Waals surface area contributed by atoms with Crippen molar-refractivity contribution >= 4 is 37.8 Å². The molecule has 1 aromatic rings. The van der Waals surface area contributed by atoms with Crippen LogP contribution in [0.5, 0.6) is 5.75 Å². The molecule has 4 heteroatoms. The predicted octanol–water partition coefficient (Wildman–Crippen LogP) is 4.65. The highest BCUT2D eigenvalue weighted by atomic mass is 79.9. The SMILES string of the molecule is CC=CC(=O)Oc1c(Br)cc(CCC)cc1Br. The van der Waals surface area contributed by atoms with E-state index in [0.29, 0.717) is 5.75 Å². The van der Waals surface area contributed by atoms with E-state index in [-0.39, 0.29) is 5.97 Å². The minimum absolute atomic E-state index is 0.378. The third-order valence-corrected chi connectivity index (χ3v) is 3.28. The minimum atomic E-state index is -0.378. The number of esters is 1. The average Bonchev–Trinajstić information content (AvgIpc) is 2.24. The van der Waals surface area contributed by atoms with Crippen molar-refractivity contribution in [1.29, 1.82) is 0 Å². The van der Waals surface area contributed by atoms with E-state index in [4.69, 9.17) is 4.74 Å². The molecule has 92 valence electrons. The molecule has 0 aliphatic heterocycles. The molecule has 0 unspecified atom stereocenters. The van der Waals surface area contributed by atoms with Crippen LogP contribution in [0, 0.1) is 0 Å². The van der Waals surface area contributed by atoms with Gasteiger partial charge >= 0.3 is 5.97 Å². The summed E-state index contributed by atoms with van der Waals surface area (Å²) in [5, 5.41) is 0. The number of aryl methyl sites for hydroxylation is 1. The van der Waals surface area contributed by atoms with E-state index in [1.165, 1.54) is 11.6 Å². The Bertz CT molecular complexity index is 416. The lowest BCUT2D eigenvalue weighted by molar-refractivity contribution is -0.129. The van der Waals surface area contributed by atoms with Crippen LogP contribution in [-0.4, -0.2) is 5.97 Å². The molecule has 1 rings (SSSR count). The molecule has 17 heavy (non-hydrogen) atoms. The van der Waals surface area contributed by atoms with Gasteiger partial charge in [0.15, 0.2) is 5.75 Å². The molecular formula is C13H14Br2O2. The molecule has 2 nitrogen and oxygen atoms in total. The zero-order valence-corrected chi connectivity index (χ0v) is 13.0. The van der Waals surface area contributed by atoms with Crippen molar-refractivity contribution in [3.8, 4) is 5.75 Å². The molecule has 0 aliphatic carbocycles. The highest BCUT2D eigenvalue weighted by Gasteiger charge is 2.11. The number of carbonyl (C=O) groups is 1. The topological polar surface area (TPSA) is 26.3 Å². The lowest BCUT2D eigenvalue weighted by Crippen LogP contribution is -2.05. The van der Waals surface area contributed by atoms with Gasteiger partial charge in [0, 0.05) is 6.08 Å². The molecule has 0 aliphatic rings. The molecular weight excluding hydrogens is 348 g/mol. The predicted molar refractivity (Wildman–Crippen MR) is 76.3 cm³/mol. The molecule has 0 N–H and O–H groups in total. The Hall–Kier alpha value is -0.610. The van der Waals surface area contributed by atoms with Crippen molar-refractivity contribution in [1.82, 2.24) is 0 Å². The Labute approximate surface area is 118 Å². The molecule has 0 aromatic heterocycles. The molecule has 1 aromatic carbocycles. The van der Waals surface area contributed by atoms with Crippen LogP contribution in [0.4, 0.5) is 0 Å². The van der Waals surface area contributed by atoms with E-state index in [9.17, 15) is 4.79 Å². The maximum absolute atomic E-state index is 11.4. The van der Waals surface area contributed by atoms with E-state index in [2.05, 4.69) is 38.8 Å². The van der Waals surface area contributed by atoms with Crippen LogP contribution >= 0.6 is 31.9 Å². The molecule has 0 fully saturated rings. The van der Waals surface area contributed by atoms with Crippen LogP contribution in [0.1, 0.15) is 25.8 Å². The fourth-order valence-corrected chi connectivity index (χ4v) is 2.86. The van der Waals surface area contributed by atoms with Crippen molar-refractivity contribution in [2.24, 2.45) is 0 Å². The second-order valence-electron chi connectivity index (χ2n) is 3.56. The smallest absolute Gasteiger partial charge is 0.335 e. The fraction of sp³-hybridized carbons (Fsp3) is 0.308. The monoisotopic (exact) mass is 360 g/mol. The molecule has 0 radical (unpaired) electrons. The number of ether oxygens (including phenoxy) is 1. The second-order valence-corrected chi connectivity index (χ2v) is 5.27. The second kappa shape index (κ2) is 6.97. The summed E-state index contributed by atoms with van der Waals surface area (Å²) in [6.07, 6.45) is 5.12. The number of rotatable bonds is 4. The van der Waals surface area contributed by atoms with Crippen LogP contribution in [0.25, 0.3) is 0 Å². The summed E-state index contributed by atoms with van der Waals surface area (Å²) in [6, 6.07) is 3.96. The maximum atomic E-state index is 11.4. The average molecular weight is 362 g/mol. The van der Waals surface area contributed by atoms with Gasteiger partial charge < -0.3 is 4.74 Å². The van der Waals surface area contributed by atoms with Gasteiger partial charge in [0.25, 0.3) is 0 Å². The largest absolute Gasteiger partial charge is 0.421 e. The summed E-state index contributed by atoms with van der Waals surface area (Å²) in [5.74, 6) is 0.144. The third-order valence-electron chi connectivity index (χ3n) is 2.10. The van der Waals surface area contributed by atoms with E-state index in [1.807, 2.05) is 12.1 Å². The van der Waals surface area contributed by atoms with Crippen molar-refractivity contribution in [2.75, 3.05) is 0 Å². The number of hydrogen-bond acceptors (Lipinski definition) is 2. The van der Waals surface area contributed by atoms with Gasteiger partial charge in [0.1, 0.15) is 0 Å². The number of allylic oxidation sites excluding steroid dienone is 1. The highest BCUT2D eigenvalue weighted by Crippen LogP contribution is 2.35. The fourth-order valence-electron chi connectivity index (χ4n) is 1.41. The van der Waals surface area contributed by atoms with Gasteiger partial charge in [-0.3, -0.25) is 0 Å². The first-order valence-electron chi connectivity index (χ1n) is 5.41. The van der Waals surface area contributed by atoms with E-state index < -0.39 is 0 Å². The summed E-state index contributed by atoms with van der Waals surface area (Å²) in [6.45, 7) is 3.90. The lowest BCUT2D eigenvalue weighted by Gasteiger charge is -2.09. The van der Waals surface area contributed by atoms with Crippen LogP contribution in [0.2, 0.25) is 0 Å². The summed E-state index contributed by atoms with van der Waals surface area (Å²) in [7, 11) is 0. The van der Waals surface area contributed by atoms with Crippen molar-refractivity contribution in [2.45, 2.75) is 26.7 Å². The molecule has 0 amide bonds. The summed E-state index contributed by atoms with van der Waals surface area (Å²) < 4.78 is 6.80. The number of halogens is 2. The van der Waals surface area contributed by atoms with Crippen LogP contribution in [0.15, 0.2) is 33.2 Å². The van der Waals surface area contributed by atoms with Gasteiger partial charge in [-0.15, -0.1) is 0 Å². The zero-order chi connectivity index (χ0) is 12.8. The minimum Gasteiger partial charge on any atom is -0.421 e. The van der Waals surface area contributed by atoms with Crippen molar-refractivity contribution in [3.63, 3.8) is 0 Å². The van der Waals surface area contributed by atoms with Gasteiger partial charge in [-0.05, 0) is 62.9 Å². The molecule has 0 heterocycles.